The largest absolute Gasteiger partial charge is 0.493 e. The zero-order valence-corrected chi connectivity index (χ0v) is 14.8. The number of hydrogen-bond acceptors (Lipinski definition) is 5. The number of aromatic nitrogens is 1. The first-order chi connectivity index (χ1) is 10.2. The molecule has 0 amide bonds. The Kier molecular flexibility index (Phi) is 6.02. The lowest BCUT2D eigenvalue weighted by molar-refractivity contribution is 0.352. The molecule has 0 fully saturated rings. The molecule has 1 N–H and O–H groups in total. The Morgan fingerprint density at radius 1 is 1.33 bits per heavy atom. The highest BCUT2D eigenvalue weighted by Crippen LogP contribution is 2.36. The van der Waals surface area contributed by atoms with Gasteiger partial charge in [-0.2, -0.15) is 0 Å². The lowest BCUT2D eigenvalue weighted by atomic mass is 10.1. The van der Waals surface area contributed by atoms with Gasteiger partial charge in [0, 0.05) is 18.1 Å². The summed E-state index contributed by atoms with van der Waals surface area (Å²) in [6.07, 6.45) is 2.85. The van der Waals surface area contributed by atoms with E-state index in [1.54, 1.807) is 25.6 Å². The van der Waals surface area contributed by atoms with Gasteiger partial charge in [-0.3, -0.25) is 0 Å². The van der Waals surface area contributed by atoms with Crippen molar-refractivity contribution in [1.82, 2.24) is 10.3 Å². The van der Waals surface area contributed by atoms with Crippen molar-refractivity contribution in [2.45, 2.75) is 25.9 Å². The van der Waals surface area contributed by atoms with E-state index in [1.807, 2.05) is 23.7 Å². The minimum Gasteiger partial charge on any atom is -0.493 e. The minimum atomic E-state index is 0.275. The summed E-state index contributed by atoms with van der Waals surface area (Å²) in [7, 11) is 3.28. The predicted molar refractivity (Wildman–Crippen MR) is 89.2 cm³/mol. The number of benzene rings is 1. The van der Waals surface area contributed by atoms with Crippen LogP contribution in [0.1, 0.15) is 30.0 Å². The van der Waals surface area contributed by atoms with Gasteiger partial charge in [-0.15, -0.1) is 11.3 Å². The van der Waals surface area contributed by atoms with Crippen LogP contribution in [-0.2, 0) is 6.54 Å². The Hall–Kier alpha value is -1.11. The first kappa shape index (κ1) is 16.3. The van der Waals surface area contributed by atoms with E-state index in [2.05, 4.69) is 33.2 Å². The van der Waals surface area contributed by atoms with Crippen LogP contribution in [0.4, 0.5) is 0 Å². The first-order valence-electron chi connectivity index (χ1n) is 6.72. The van der Waals surface area contributed by atoms with E-state index in [9.17, 15) is 0 Å². The number of thiazole rings is 1. The van der Waals surface area contributed by atoms with Gasteiger partial charge in [0.05, 0.1) is 24.7 Å². The third-order valence-corrected chi connectivity index (χ3v) is 4.68. The van der Waals surface area contributed by atoms with Crippen molar-refractivity contribution in [2.75, 3.05) is 14.2 Å². The molecule has 2 aromatic rings. The number of nitrogens with one attached hydrogen (secondary N) is 1. The summed E-state index contributed by atoms with van der Waals surface area (Å²) in [4.78, 5) is 4.38. The minimum absolute atomic E-state index is 0.275. The second-order valence-electron chi connectivity index (χ2n) is 4.53. The fourth-order valence-corrected chi connectivity index (χ4v) is 3.58. The monoisotopic (exact) mass is 370 g/mol. The molecule has 0 bridgehead atoms. The second-order valence-corrected chi connectivity index (χ2v) is 6.31. The van der Waals surface area contributed by atoms with E-state index in [0.717, 1.165) is 33.8 Å². The lowest BCUT2D eigenvalue weighted by Crippen LogP contribution is -2.20. The topological polar surface area (TPSA) is 43.4 Å². The van der Waals surface area contributed by atoms with Crippen LogP contribution in [0.3, 0.4) is 0 Å². The molecule has 0 spiro atoms. The van der Waals surface area contributed by atoms with E-state index in [4.69, 9.17) is 9.47 Å². The summed E-state index contributed by atoms with van der Waals surface area (Å²) < 4.78 is 11.6. The van der Waals surface area contributed by atoms with Gasteiger partial charge in [-0.25, -0.2) is 4.98 Å². The van der Waals surface area contributed by atoms with Crippen molar-refractivity contribution in [3.8, 4) is 11.5 Å². The summed E-state index contributed by atoms with van der Waals surface area (Å²) >= 11 is 5.20. The molecule has 1 atom stereocenters. The number of hydrogen-bond donors (Lipinski definition) is 1. The molecule has 0 aliphatic rings. The molecule has 6 heteroatoms. The Morgan fingerprint density at radius 2 is 2.14 bits per heavy atom. The molecule has 0 saturated heterocycles. The van der Waals surface area contributed by atoms with Crippen LogP contribution < -0.4 is 14.8 Å². The molecular weight excluding hydrogens is 352 g/mol. The van der Waals surface area contributed by atoms with Gasteiger partial charge >= 0.3 is 0 Å². The van der Waals surface area contributed by atoms with Crippen LogP contribution in [0.5, 0.6) is 11.5 Å². The summed E-state index contributed by atoms with van der Waals surface area (Å²) in [5.41, 5.74) is 1.13. The van der Waals surface area contributed by atoms with Crippen molar-refractivity contribution in [3.63, 3.8) is 0 Å². The van der Waals surface area contributed by atoms with Crippen LogP contribution in [-0.4, -0.2) is 19.2 Å². The molecule has 4 nitrogen and oxygen atoms in total. The van der Waals surface area contributed by atoms with Crippen LogP contribution in [0.2, 0.25) is 0 Å². The normalized spacial score (nSPS) is 12.2. The number of rotatable bonds is 7. The Balaban J connectivity index is 2.11. The highest BCUT2D eigenvalue weighted by Gasteiger charge is 2.14. The van der Waals surface area contributed by atoms with Crippen molar-refractivity contribution >= 4 is 27.3 Å². The summed E-state index contributed by atoms with van der Waals surface area (Å²) in [6.45, 7) is 2.90. The standard InChI is InChI=1S/C15H19BrN2O2S/c1-4-12(15-17-5-6-21-15)18-9-10-7-11(16)14(20-3)13(8-10)19-2/h5-8,12,18H,4,9H2,1-3H3. The third-order valence-electron chi connectivity index (χ3n) is 3.20. The number of methoxy groups -OCH3 is 2. The molecule has 0 aliphatic heterocycles. The van der Waals surface area contributed by atoms with Crippen LogP contribution in [0.25, 0.3) is 0 Å². The highest BCUT2D eigenvalue weighted by molar-refractivity contribution is 9.10. The third kappa shape index (κ3) is 3.96. The SMILES string of the molecule is CCC(NCc1cc(Br)c(OC)c(OC)c1)c1nccs1. The van der Waals surface area contributed by atoms with Crippen molar-refractivity contribution in [3.05, 3.63) is 38.8 Å². The van der Waals surface area contributed by atoms with Gasteiger partial charge in [-0.1, -0.05) is 6.92 Å². The first-order valence-corrected chi connectivity index (χ1v) is 8.40. The fourth-order valence-electron chi connectivity index (χ4n) is 2.13. The number of nitrogens with zero attached hydrogens (tertiary/aromatic N) is 1. The number of ether oxygens (including phenoxy) is 2. The van der Waals surface area contributed by atoms with Crippen molar-refractivity contribution in [1.29, 1.82) is 0 Å². The smallest absolute Gasteiger partial charge is 0.174 e. The molecule has 1 unspecified atom stereocenters. The summed E-state index contributed by atoms with van der Waals surface area (Å²) in [6, 6.07) is 4.31. The van der Waals surface area contributed by atoms with Gasteiger partial charge < -0.3 is 14.8 Å². The van der Waals surface area contributed by atoms with Crippen molar-refractivity contribution in [2.24, 2.45) is 0 Å². The molecule has 0 radical (unpaired) electrons. The van der Waals surface area contributed by atoms with Gasteiger partial charge in [0.25, 0.3) is 0 Å². The quantitative estimate of drug-likeness (QED) is 0.794. The second kappa shape index (κ2) is 7.77. The van der Waals surface area contributed by atoms with Crippen molar-refractivity contribution < 1.29 is 9.47 Å². The van der Waals surface area contributed by atoms with E-state index < -0.39 is 0 Å². The Bertz CT molecular complexity index is 575. The molecule has 1 aromatic heterocycles. The average Bonchev–Trinajstić information content (AvgIpc) is 3.01. The number of halogens is 1. The average molecular weight is 371 g/mol. The molecule has 1 aromatic carbocycles. The van der Waals surface area contributed by atoms with Crippen LogP contribution in [0, 0.1) is 0 Å². The predicted octanol–water partition coefficient (Wildman–Crippen LogP) is 4.16. The van der Waals surface area contributed by atoms with E-state index >= 15 is 0 Å². The van der Waals surface area contributed by atoms with E-state index in [0.29, 0.717) is 5.75 Å². The molecule has 0 aliphatic carbocycles. The molecule has 0 saturated carbocycles. The maximum atomic E-state index is 5.37. The van der Waals surface area contributed by atoms with Crippen LogP contribution >= 0.6 is 27.3 Å². The van der Waals surface area contributed by atoms with Gasteiger partial charge in [0.2, 0.25) is 0 Å². The summed E-state index contributed by atoms with van der Waals surface area (Å²) in [5.74, 6) is 1.44. The van der Waals surface area contributed by atoms with E-state index in [-0.39, 0.29) is 6.04 Å². The molecular formula is C15H19BrN2O2S. The fraction of sp³-hybridized carbons (Fsp3) is 0.400. The molecule has 21 heavy (non-hydrogen) atoms. The zero-order valence-electron chi connectivity index (χ0n) is 12.4. The highest BCUT2D eigenvalue weighted by atomic mass is 79.9. The van der Waals surface area contributed by atoms with E-state index in [1.165, 1.54) is 0 Å². The lowest BCUT2D eigenvalue weighted by Gasteiger charge is -2.16. The van der Waals surface area contributed by atoms with Crippen LogP contribution in [0.15, 0.2) is 28.2 Å². The van der Waals surface area contributed by atoms with Gasteiger partial charge in [0.15, 0.2) is 11.5 Å². The zero-order chi connectivity index (χ0) is 15.2. The molecule has 2 rings (SSSR count). The maximum Gasteiger partial charge on any atom is 0.174 e. The van der Waals surface area contributed by atoms with Gasteiger partial charge in [-0.05, 0) is 40.0 Å². The Morgan fingerprint density at radius 3 is 2.71 bits per heavy atom. The maximum absolute atomic E-state index is 5.37. The van der Waals surface area contributed by atoms with Gasteiger partial charge in [0.1, 0.15) is 5.01 Å². The Labute approximate surface area is 137 Å². The summed E-state index contributed by atoms with van der Waals surface area (Å²) in [5, 5.41) is 6.66. The molecule has 114 valence electrons. The molecule has 1 heterocycles.